The molecule has 24 nitrogen and oxygen atoms in total. The van der Waals surface area contributed by atoms with Crippen molar-refractivity contribution in [1.29, 1.82) is 63.1 Å². The third-order valence-corrected chi connectivity index (χ3v) is 0. The van der Waals surface area contributed by atoms with Crippen LogP contribution in [0.4, 0.5) is 0 Å². The maximum atomic E-state index is 6.25. The van der Waals surface area contributed by atoms with Crippen molar-refractivity contribution in [3.05, 3.63) is 78.9 Å². The van der Waals surface area contributed by atoms with E-state index in [1.165, 1.54) is 0 Å². The maximum Gasteiger partial charge on any atom is 3.00 e. The summed E-state index contributed by atoms with van der Waals surface area (Å²) in [6.45, 7) is 57.0. The van der Waals surface area contributed by atoms with E-state index in [1.807, 2.05) is 0 Å². The molecule has 0 aliphatic rings. The normalized spacial score (nSPS) is 0.585. The first kappa shape index (κ1) is 715. The van der Waals surface area contributed by atoms with E-state index < -0.39 is 0 Å². The van der Waals surface area contributed by atoms with Crippen molar-refractivity contribution in [2.24, 2.45) is 0 Å². The van der Waals surface area contributed by atoms with E-state index in [9.17, 15) is 0 Å². The van der Waals surface area contributed by atoms with Gasteiger partial charge in [-0.3, -0.25) is 0 Å². The summed E-state index contributed by atoms with van der Waals surface area (Å²) in [7, 11) is 0. The SMILES string of the molecule is O.O.O.O.O.O.O.O.O.O.O.O.[C-]#N.[C-]#N.[C-]#N.[C-]#N.[C-]#N.[C-]#N.[C-]#N.[C-]#N.[C-]#N.[C-]#N.[C-]#N.[C-]#N.[Co+3].[Co+3].[Zn+2].[Zn+2].[Zn+2]. The van der Waals surface area contributed by atoms with Crippen molar-refractivity contribution in [2.75, 3.05) is 0 Å². The van der Waals surface area contributed by atoms with Crippen LogP contribution in [0.3, 0.4) is 0 Å². The Kier molecular flexibility index (Phi) is 57000. The van der Waals surface area contributed by atoms with E-state index in [0.29, 0.717) is 0 Å². The van der Waals surface area contributed by atoms with Crippen molar-refractivity contribution in [3.8, 4) is 0 Å². The van der Waals surface area contributed by atoms with Gasteiger partial charge in [0.25, 0.3) is 0 Å². The van der Waals surface area contributed by atoms with Crippen LogP contribution < -0.4 is 0 Å². The topological polar surface area (TPSA) is 663 Å². The average molecular weight is 842 g/mol. The standard InChI is InChI=1S/12CN.2Co.12H2O.3Zn/c12*1-2;;;;;;;;;;;;;;;;;/h;;;;;;;;;;;;;;12*1H2;;;/q12*-1;2*+3;;;;;;;;;;;;;3*+2. The molecule has 0 aliphatic heterocycles. The van der Waals surface area contributed by atoms with Gasteiger partial charge >= 0.3 is 92.0 Å². The number of hydrogen-bond donors (Lipinski definition) is 0. The van der Waals surface area contributed by atoms with E-state index >= 15 is 0 Å². The summed E-state index contributed by atoms with van der Waals surface area (Å²) in [6.07, 6.45) is 0. The Bertz CT molecular complexity index is 270. The van der Waals surface area contributed by atoms with Gasteiger partial charge in [-0.05, 0) is 0 Å². The van der Waals surface area contributed by atoms with E-state index in [0.717, 1.165) is 0 Å². The van der Waals surface area contributed by atoms with Crippen LogP contribution in [0.5, 0.6) is 0 Å². The van der Waals surface area contributed by atoms with E-state index in [4.69, 9.17) is 142 Å². The van der Waals surface area contributed by atoms with Crippen molar-refractivity contribution in [3.63, 3.8) is 0 Å². The fourth-order valence-electron chi connectivity index (χ4n) is 0. The van der Waals surface area contributed by atoms with Gasteiger partial charge in [0, 0.05) is 0 Å². The Morgan fingerprint density at radius 3 is 0.146 bits per heavy atom. The summed E-state index contributed by atoms with van der Waals surface area (Å²) in [5.41, 5.74) is 0. The molecule has 0 unspecified atom stereocenters. The molecule has 0 saturated heterocycles. The van der Waals surface area contributed by atoms with Gasteiger partial charge < -0.3 is 208 Å². The molecule has 0 rings (SSSR count). The van der Waals surface area contributed by atoms with Crippen molar-refractivity contribution in [2.45, 2.75) is 0 Å². The molecule has 0 spiro atoms. The van der Waals surface area contributed by atoms with Crippen LogP contribution in [0.1, 0.15) is 0 Å². The minimum absolute atomic E-state index is 0. The van der Waals surface area contributed by atoms with Crippen LogP contribution in [0.15, 0.2) is 0 Å². The fraction of sp³-hybridized carbons (Fsp3) is 0. The van der Waals surface area contributed by atoms with Crippen LogP contribution in [0.2, 0.25) is 0 Å². The van der Waals surface area contributed by atoms with Crippen LogP contribution in [0, 0.1) is 142 Å². The molecule has 0 amide bonds. The van der Waals surface area contributed by atoms with Crippen LogP contribution in [-0.2, 0) is 92.0 Å². The zero-order valence-corrected chi connectivity index (χ0v) is 31.1. The van der Waals surface area contributed by atoms with Gasteiger partial charge in [0.1, 0.15) is 0 Å². The molecular weight excluding hydrogens is 818 g/mol. The Balaban J connectivity index is -0.00000000137. The summed E-state index contributed by atoms with van der Waals surface area (Å²) in [4.78, 5) is 0. The molecule has 0 bridgehead atoms. The van der Waals surface area contributed by atoms with Crippen LogP contribution in [0.25, 0.3) is 0 Å². The van der Waals surface area contributed by atoms with E-state index in [2.05, 4.69) is 0 Å². The van der Waals surface area contributed by atoms with Crippen LogP contribution in [-0.4, -0.2) is 65.7 Å². The van der Waals surface area contributed by atoms with Gasteiger partial charge in [-0.2, -0.15) is 0 Å². The van der Waals surface area contributed by atoms with Crippen molar-refractivity contribution in [1.82, 2.24) is 0 Å². The molecule has 0 aromatic carbocycles. The average Bonchev–Trinajstić information content (AvgIpc) is 2.84. The third kappa shape index (κ3) is 3090. The molecular formula is C12H24Co2N12O12Zn3. The van der Waals surface area contributed by atoms with Crippen molar-refractivity contribution < 1.29 is 158 Å². The van der Waals surface area contributed by atoms with Crippen LogP contribution >= 0.6 is 0 Å². The predicted molar refractivity (Wildman–Crippen MR) is 103 cm³/mol. The molecule has 24 N–H and O–H groups in total. The quantitative estimate of drug-likeness (QED) is 0.162. The second kappa shape index (κ2) is 3270. The molecule has 0 heterocycles. The first-order chi connectivity index (χ1) is 12.0. The monoisotopic (exact) mass is 838 g/mol. The predicted octanol–water partition coefficient (Wildman–Crippen LogP) is -8.75. The molecule has 0 aromatic rings. The zero-order chi connectivity index (χ0) is 24.0. The largest absolute Gasteiger partial charge is 3.00 e. The summed E-state index contributed by atoms with van der Waals surface area (Å²) >= 11 is 0. The van der Waals surface area contributed by atoms with Gasteiger partial charge in [0.15, 0.2) is 0 Å². The van der Waals surface area contributed by atoms with Gasteiger partial charge in [0.2, 0.25) is 0 Å². The minimum atomic E-state index is 0. The maximum absolute atomic E-state index is 6.25. The van der Waals surface area contributed by atoms with Gasteiger partial charge in [-0.25, -0.2) is 0 Å². The Morgan fingerprint density at radius 1 is 0.146 bits per heavy atom. The third-order valence-electron chi connectivity index (χ3n) is 0. The Morgan fingerprint density at radius 2 is 0.146 bits per heavy atom. The summed E-state index contributed by atoms with van der Waals surface area (Å²) in [5.74, 6) is 0. The minimum Gasteiger partial charge on any atom is -0.512 e. The molecule has 0 saturated carbocycles. The summed E-state index contributed by atoms with van der Waals surface area (Å²) < 4.78 is 0. The molecule has 41 heavy (non-hydrogen) atoms. The second-order valence-corrected chi connectivity index (χ2v) is 0. The first-order valence-electron chi connectivity index (χ1n) is 2.68. The molecule has 0 radical (unpaired) electrons. The molecule has 0 aromatic heterocycles. The zero-order valence-electron chi connectivity index (χ0n) is 20.2. The molecule has 29 heteroatoms. The molecule has 0 fully saturated rings. The van der Waals surface area contributed by atoms with E-state index in [-0.39, 0.29) is 158 Å². The number of rotatable bonds is 0. The second-order valence-electron chi connectivity index (χ2n) is 0. The molecule has 0 atom stereocenters. The smallest absolute Gasteiger partial charge is 0.512 e. The van der Waals surface area contributed by atoms with Gasteiger partial charge in [-0.1, -0.05) is 0 Å². The fourth-order valence-corrected chi connectivity index (χ4v) is 0. The van der Waals surface area contributed by atoms with E-state index in [1.54, 1.807) is 0 Å². The van der Waals surface area contributed by atoms with Gasteiger partial charge in [0.05, 0.1) is 0 Å². The summed E-state index contributed by atoms with van der Waals surface area (Å²) in [5, 5.41) is 75.0. The van der Waals surface area contributed by atoms with Gasteiger partial charge in [-0.15, -0.1) is 0 Å². The summed E-state index contributed by atoms with van der Waals surface area (Å²) in [6, 6.07) is 0. The molecule has 0 aliphatic carbocycles. The Labute approximate surface area is 298 Å². The van der Waals surface area contributed by atoms with Crippen molar-refractivity contribution >= 4 is 0 Å². The number of hydrogen-bond acceptors (Lipinski definition) is 12. The molecule has 228 valence electrons. The Hall–Kier alpha value is -3.72. The number of nitrogens with zero attached hydrogens (tertiary/aromatic N) is 12. The first-order valence-corrected chi connectivity index (χ1v) is 2.68.